The molecule has 0 saturated carbocycles. The summed E-state index contributed by atoms with van der Waals surface area (Å²) >= 11 is 0. The van der Waals surface area contributed by atoms with Gasteiger partial charge < -0.3 is 15.4 Å². The maximum atomic E-state index is 11.8. The monoisotopic (exact) mass is 344 g/mol. The van der Waals surface area contributed by atoms with Crippen LogP contribution in [0.3, 0.4) is 0 Å². The van der Waals surface area contributed by atoms with E-state index >= 15 is 0 Å². The highest BCUT2D eigenvalue weighted by Crippen LogP contribution is 2.14. The first-order valence-electron chi connectivity index (χ1n) is 7.24. The van der Waals surface area contributed by atoms with Crippen LogP contribution < -0.4 is 10.6 Å². The summed E-state index contributed by atoms with van der Waals surface area (Å²) in [4.78, 5) is 22.4. The molecule has 0 spiro atoms. The van der Waals surface area contributed by atoms with E-state index < -0.39 is 12.8 Å². The third-order valence-electron chi connectivity index (χ3n) is 2.69. The van der Waals surface area contributed by atoms with Crippen molar-refractivity contribution in [3.63, 3.8) is 0 Å². The molecule has 0 aliphatic rings. The number of carbonyl (C=O) groups excluding carboxylic acids is 2. The zero-order chi connectivity index (χ0) is 18.0. The van der Waals surface area contributed by atoms with Gasteiger partial charge >= 0.3 is 6.18 Å². The van der Waals surface area contributed by atoms with E-state index in [1.165, 1.54) is 13.0 Å². The lowest BCUT2D eigenvalue weighted by molar-refractivity contribution is -0.174. The van der Waals surface area contributed by atoms with E-state index in [1.54, 1.807) is 30.3 Å². The minimum Gasteiger partial charge on any atom is -0.372 e. The Kier molecular flexibility index (Phi) is 7.97. The molecule has 24 heavy (non-hydrogen) atoms. The van der Waals surface area contributed by atoms with Gasteiger partial charge in [-0.3, -0.25) is 9.59 Å². The fraction of sp³-hybridized carbons (Fsp3) is 0.375. The number of hydrogen-bond donors (Lipinski definition) is 2. The van der Waals surface area contributed by atoms with Gasteiger partial charge in [-0.25, -0.2) is 0 Å². The Morgan fingerprint density at radius 1 is 1.21 bits per heavy atom. The number of alkyl halides is 3. The van der Waals surface area contributed by atoms with Crippen molar-refractivity contribution in [3.8, 4) is 0 Å². The third kappa shape index (κ3) is 9.62. The molecule has 0 fully saturated rings. The van der Waals surface area contributed by atoms with E-state index in [4.69, 9.17) is 0 Å². The van der Waals surface area contributed by atoms with E-state index in [2.05, 4.69) is 15.4 Å². The molecule has 0 aromatic heterocycles. The van der Waals surface area contributed by atoms with Crippen molar-refractivity contribution in [2.45, 2.75) is 19.5 Å². The molecular formula is C16H19F3N2O3. The van der Waals surface area contributed by atoms with Crippen molar-refractivity contribution >= 4 is 23.6 Å². The molecule has 0 aliphatic heterocycles. The molecule has 0 atom stereocenters. The fourth-order valence-corrected chi connectivity index (χ4v) is 1.69. The molecule has 2 amide bonds. The number of anilines is 1. The van der Waals surface area contributed by atoms with Gasteiger partial charge in [0.05, 0.1) is 0 Å². The van der Waals surface area contributed by atoms with Gasteiger partial charge in [0.25, 0.3) is 0 Å². The van der Waals surface area contributed by atoms with Crippen LogP contribution in [0.4, 0.5) is 18.9 Å². The van der Waals surface area contributed by atoms with Gasteiger partial charge in [0.2, 0.25) is 11.8 Å². The molecule has 0 unspecified atom stereocenters. The Bertz CT molecular complexity index is 569. The zero-order valence-corrected chi connectivity index (χ0v) is 13.2. The first-order valence-corrected chi connectivity index (χ1v) is 7.24. The first-order chi connectivity index (χ1) is 11.3. The normalized spacial score (nSPS) is 11.5. The molecule has 0 heterocycles. The average molecular weight is 344 g/mol. The summed E-state index contributed by atoms with van der Waals surface area (Å²) in [6, 6.07) is 6.88. The second kappa shape index (κ2) is 9.71. The Hall–Kier alpha value is -2.35. The standard InChI is InChI=1S/C16H19F3N2O3/c1-12(22)21-14-6-3-13(4-7-14)5-8-15(23)20-9-2-10-24-11-16(17,18)19/h3-8H,2,9-11H2,1H3,(H,20,23)(H,21,22). The zero-order valence-electron chi connectivity index (χ0n) is 13.2. The van der Waals surface area contributed by atoms with Crippen LogP contribution >= 0.6 is 0 Å². The molecule has 0 saturated heterocycles. The number of rotatable bonds is 8. The van der Waals surface area contributed by atoms with Crippen molar-refractivity contribution in [1.82, 2.24) is 5.32 Å². The second-order valence-corrected chi connectivity index (χ2v) is 4.95. The Labute approximate surface area is 137 Å². The van der Waals surface area contributed by atoms with Gasteiger partial charge in [-0.1, -0.05) is 12.1 Å². The van der Waals surface area contributed by atoms with Gasteiger partial charge in [-0.05, 0) is 30.2 Å². The van der Waals surface area contributed by atoms with Gasteiger partial charge in [0.15, 0.2) is 0 Å². The SMILES string of the molecule is CC(=O)Nc1ccc(C=CC(=O)NCCCOCC(F)(F)F)cc1. The van der Waals surface area contributed by atoms with Crippen molar-refractivity contribution in [2.75, 3.05) is 25.1 Å². The fourth-order valence-electron chi connectivity index (χ4n) is 1.69. The van der Waals surface area contributed by atoms with Crippen molar-refractivity contribution in [1.29, 1.82) is 0 Å². The molecule has 8 heteroatoms. The molecule has 1 aromatic rings. The molecule has 132 valence electrons. The van der Waals surface area contributed by atoms with Crippen LogP contribution in [0.2, 0.25) is 0 Å². The lowest BCUT2D eigenvalue weighted by Gasteiger charge is -2.07. The maximum absolute atomic E-state index is 11.8. The largest absolute Gasteiger partial charge is 0.411 e. The van der Waals surface area contributed by atoms with E-state index in [0.29, 0.717) is 12.1 Å². The van der Waals surface area contributed by atoms with Gasteiger partial charge in [0.1, 0.15) is 6.61 Å². The Morgan fingerprint density at radius 3 is 2.46 bits per heavy atom. The van der Waals surface area contributed by atoms with Gasteiger partial charge in [0, 0.05) is 31.8 Å². The van der Waals surface area contributed by atoms with E-state index in [1.807, 2.05) is 0 Å². The van der Waals surface area contributed by atoms with Crippen LogP contribution in [-0.4, -0.2) is 37.7 Å². The summed E-state index contributed by atoms with van der Waals surface area (Å²) in [7, 11) is 0. The molecular weight excluding hydrogens is 325 g/mol. The predicted octanol–water partition coefficient (Wildman–Crippen LogP) is 2.74. The molecule has 5 nitrogen and oxygen atoms in total. The topological polar surface area (TPSA) is 67.4 Å². The predicted molar refractivity (Wildman–Crippen MR) is 84.3 cm³/mol. The first kappa shape index (κ1) is 19.7. The average Bonchev–Trinajstić information content (AvgIpc) is 2.48. The van der Waals surface area contributed by atoms with Crippen LogP contribution in [0.5, 0.6) is 0 Å². The third-order valence-corrected chi connectivity index (χ3v) is 2.69. The van der Waals surface area contributed by atoms with Crippen LogP contribution in [0, 0.1) is 0 Å². The quantitative estimate of drug-likeness (QED) is 0.563. The highest BCUT2D eigenvalue weighted by Gasteiger charge is 2.27. The Balaban J connectivity index is 2.24. The number of amides is 2. The van der Waals surface area contributed by atoms with E-state index in [0.717, 1.165) is 5.56 Å². The molecule has 0 radical (unpaired) electrons. The van der Waals surface area contributed by atoms with Crippen molar-refractivity contribution in [2.24, 2.45) is 0 Å². The Morgan fingerprint density at radius 2 is 1.88 bits per heavy atom. The smallest absolute Gasteiger partial charge is 0.372 e. The second-order valence-electron chi connectivity index (χ2n) is 4.95. The summed E-state index contributed by atoms with van der Waals surface area (Å²) in [6.45, 7) is 0.276. The number of nitrogens with one attached hydrogen (secondary N) is 2. The van der Waals surface area contributed by atoms with Crippen LogP contribution in [-0.2, 0) is 14.3 Å². The van der Waals surface area contributed by atoms with Gasteiger partial charge in [-0.2, -0.15) is 13.2 Å². The molecule has 0 aliphatic carbocycles. The number of hydrogen-bond acceptors (Lipinski definition) is 3. The maximum Gasteiger partial charge on any atom is 0.411 e. The summed E-state index contributed by atoms with van der Waals surface area (Å²) < 4.78 is 39.9. The lowest BCUT2D eigenvalue weighted by atomic mass is 10.2. The van der Waals surface area contributed by atoms with Crippen LogP contribution in [0.15, 0.2) is 30.3 Å². The van der Waals surface area contributed by atoms with E-state index in [-0.39, 0.29) is 25.0 Å². The summed E-state index contributed by atoms with van der Waals surface area (Å²) in [6.07, 6.45) is -1.13. The lowest BCUT2D eigenvalue weighted by Crippen LogP contribution is -2.24. The van der Waals surface area contributed by atoms with Crippen molar-refractivity contribution < 1.29 is 27.5 Å². The number of benzene rings is 1. The summed E-state index contributed by atoms with van der Waals surface area (Å²) in [5.41, 5.74) is 1.43. The summed E-state index contributed by atoms with van der Waals surface area (Å²) in [5, 5.41) is 5.17. The molecule has 1 rings (SSSR count). The molecule has 1 aromatic carbocycles. The minimum absolute atomic E-state index is 0.0753. The highest BCUT2D eigenvalue weighted by molar-refractivity contribution is 5.92. The highest BCUT2D eigenvalue weighted by atomic mass is 19.4. The number of halogens is 3. The molecule has 2 N–H and O–H groups in total. The minimum atomic E-state index is -4.33. The van der Waals surface area contributed by atoms with Crippen LogP contribution in [0.1, 0.15) is 18.9 Å². The van der Waals surface area contributed by atoms with Crippen molar-refractivity contribution in [3.05, 3.63) is 35.9 Å². The van der Waals surface area contributed by atoms with E-state index in [9.17, 15) is 22.8 Å². The van der Waals surface area contributed by atoms with Gasteiger partial charge in [-0.15, -0.1) is 0 Å². The summed E-state index contributed by atoms with van der Waals surface area (Å²) in [5.74, 6) is -0.520. The number of ether oxygens (including phenoxy) is 1. The number of carbonyl (C=O) groups is 2. The van der Waals surface area contributed by atoms with Crippen LogP contribution in [0.25, 0.3) is 6.08 Å². The molecule has 0 bridgehead atoms.